The average molecular weight is 439 g/mol. The highest BCUT2D eigenvalue weighted by Gasteiger charge is 2.13. The van der Waals surface area contributed by atoms with Gasteiger partial charge in [-0.2, -0.15) is 5.10 Å². The van der Waals surface area contributed by atoms with E-state index in [-0.39, 0.29) is 11.5 Å². The highest BCUT2D eigenvalue weighted by atomic mass is 79.9. The molecule has 128 valence electrons. The van der Waals surface area contributed by atoms with Crippen molar-refractivity contribution in [2.24, 2.45) is 5.10 Å². The summed E-state index contributed by atoms with van der Waals surface area (Å²) in [7, 11) is 0. The number of aryl methyl sites for hydroxylation is 1. The molecule has 0 aliphatic rings. The number of aromatic hydroxyl groups is 2. The molecule has 0 saturated carbocycles. The second kappa shape index (κ2) is 7.43. The van der Waals surface area contributed by atoms with Gasteiger partial charge in [0.15, 0.2) is 0 Å². The fourth-order valence-electron chi connectivity index (χ4n) is 2.13. The van der Waals surface area contributed by atoms with Gasteiger partial charge in [-0.05, 0) is 52.7 Å². The molecule has 3 rings (SSSR count). The number of aromatic nitrogens is 1. The Bertz CT molecular complexity index is 959. The van der Waals surface area contributed by atoms with Crippen molar-refractivity contribution < 1.29 is 10.2 Å². The molecule has 25 heavy (non-hydrogen) atoms. The molecule has 0 unspecified atom stereocenters. The summed E-state index contributed by atoms with van der Waals surface area (Å²) in [6.45, 7) is 1.90. The summed E-state index contributed by atoms with van der Waals surface area (Å²) >= 11 is 10.6. The fourth-order valence-corrected chi connectivity index (χ4v) is 3.60. The van der Waals surface area contributed by atoms with Crippen LogP contribution in [0.15, 0.2) is 45.3 Å². The number of halogens is 2. The Morgan fingerprint density at radius 2 is 2.08 bits per heavy atom. The molecular weight excluding hydrogens is 426 g/mol. The second-order valence-electron chi connectivity index (χ2n) is 5.25. The predicted molar refractivity (Wildman–Crippen MR) is 106 cm³/mol. The van der Waals surface area contributed by atoms with Gasteiger partial charge in [-0.25, -0.2) is 4.98 Å². The van der Waals surface area contributed by atoms with Gasteiger partial charge >= 0.3 is 0 Å². The molecule has 0 fully saturated rings. The maximum absolute atomic E-state index is 10.1. The predicted octanol–water partition coefficient (Wildman–Crippen LogP) is 5.39. The maximum atomic E-state index is 10.1. The normalized spacial score (nSPS) is 11.2. The smallest absolute Gasteiger partial charge is 0.203 e. The van der Waals surface area contributed by atoms with Crippen molar-refractivity contribution in [2.75, 3.05) is 5.43 Å². The topological polar surface area (TPSA) is 77.7 Å². The Morgan fingerprint density at radius 1 is 1.28 bits per heavy atom. The Balaban J connectivity index is 1.77. The van der Waals surface area contributed by atoms with Gasteiger partial charge in [0, 0.05) is 21.5 Å². The molecule has 0 bridgehead atoms. The van der Waals surface area contributed by atoms with E-state index in [0.717, 1.165) is 5.56 Å². The Labute approximate surface area is 161 Å². The van der Waals surface area contributed by atoms with Crippen molar-refractivity contribution in [3.05, 3.63) is 56.3 Å². The first kappa shape index (κ1) is 17.7. The molecule has 0 spiro atoms. The number of benzene rings is 2. The van der Waals surface area contributed by atoms with Crippen molar-refractivity contribution in [3.63, 3.8) is 0 Å². The number of hydrazone groups is 1. The van der Waals surface area contributed by atoms with Gasteiger partial charge in [0.05, 0.1) is 16.4 Å². The third-order valence-corrected chi connectivity index (χ3v) is 4.93. The van der Waals surface area contributed by atoms with E-state index in [1.807, 2.05) is 13.0 Å². The van der Waals surface area contributed by atoms with Crippen LogP contribution in [0.2, 0.25) is 5.02 Å². The SMILES string of the molecule is Cc1ccc(/C=N/Nc2nc(-c3cc(Cl)cc(Br)c3O)cs2)c(O)c1. The monoisotopic (exact) mass is 437 g/mol. The minimum atomic E-state index is 0.0781. The van der Waals surface area contributed by atoms with E-state index in [1.54, 1.807) is 29.6 Å². The lowest BCUT2D eigenvalue weighted by Gasteiger charge is -2.04. The number of hydrogen-bond donors (Lipinski definition) is 3. The molecule has 0 radical (unpaired) electrons. The van der Waals surface area contributed by atoms with Crippen LogP contribution in [0.4, 0.5) is 5.13 Å². The third-order valence-electron chi connectivity index (χ3n) is 3.36. The summed E-state index contributed by atoms with van der Waals surface area (Å²) < 4.78 is 0.505. The van der Waals surface area contributed by atoms with Gasteiger partial charge in [-0.15, -0.1) is 11.3 Å². The lowest BCUT2D eigenvalue weighted by molar-refractivity contribution is 0.473. The Hall–Kier alpha value is -2.09. The molecule has 3 N–H and O–H groups in total. The number of rotatable bonds is 4. The Kier molecular flexibility index (Phi) is 5.27. The molecule has 0 aliphatic carbocycles. The van der Waals surface area contributed by atoms with E-state index < -0.39 is 0 Å². The summed E-state index contributed by atoms with van der Waals surface area (Å²) in [6.07, 6.45) is 1.52. The second-order valence-corrected chi connectivity index (χ2v) is 7.40. The number of phenols is 2. The van der Waals surface area contributed by atoms with Crippen LogP contribution in [0.25, 0.3) is 11.3 Å². The summed E-state index contributed by atoms with van der Waals surface area (Å²) in [4.78, 5) is 4.38. The van der Waals surface area contributed by atoms with Gasteiger partial charge in [-0.3, -0.25) is 5.43 Å². The molecule has 1 heterocycles. The largest absolute Gasteiger partial charge is 0.507 e. The van der Waals surface area contributed by atoms with E-state index in [0.29, 0.717) is 31.4 Å². The molecule has 0 aliphatic heterocycles. The molecule has 1 aromatic heterocycles. The van der Waals surface area contributed by atoms with E-state index >= 15 is 0 Å². The van der Waals surface area contributed by atoms with Gasteiger partial charge in [0.2, 0.25) is 5.13 Å². The number of phenolic OH excluding ortho intramolecular Hbond substituents is 2. The summed E-state index contributed by atoms with van der Waals surface area (Å²) in [5.74, 6) is 0.244. The summed E-state index contributed by atoms with van der Waals surface area (Å²) in [6, 6.07) is 8.61. The van der Waals surface area contributed by atoms with Crippen LogP contribution in [-0.4, -0.2) is 21.4 Å². The lowest BCUT2D eigenvalue weighted by atomic mass is 10.1. The van der Waals surface area contributed by atoms with Crippen LogP contribution in [0.5, 0.6) is 11.5 Å². The highest BCUT2D eigenvalue weighted by molar-refractivity contribution is 9.10. The quantitative estimate of drug-likeness (QED) is 0.377. The summed E-state index contributed by atoms with van der Waals surface area (Å²) in [5.41, 5.74) is 5.50. The van der Waals surface area contributed by atoms with Crippen molar-refractivity contribution in [2.45, 2.75) is 6.92 Å². The summed E-state index contributed by atoms with van der Waals surface area (Å²) in [5, 5.41) is 26.9. The number of hydrogen-bond acceptors (Lipinski definition) is 6. The van der Waals surface area contributed by atoms with Crippen LogP contribution < -0.4 is 5.43 Å². The van der Waals surface area contributed by atoms with E-state index in [1.165, 1.54) is 17.6 Å². The lowest BCUT2D eigenvalue weighted by Crippen LogP contribution is -1.91. The Morgan fingerprint density at radius 3 is 2.84 bits per heavy atom. The van der Waals surface area contributed by atoms with E-state index in [4.69, 9.17) is 11.6 Å². The van der Waals surface area contributed by atoms with Crippen LogP contribution in [0, 0.1) is 6.92 Å². The van der Waals surface area contributed by atoms with Crippen molar-refractivity contribution in [1.82, 2.24) is 4.98 Å². The van der Waals surface area contributed by atoms with Crippen LogP contribution in [0.3, 0.4) is 0 Å². The van der Waals surface area contributed by atoms with Crippen LogP contribution in [-0.2, 0) is 0 Å². The average Bonchev–Trinajstić information content (AvgIpc) is 3.01. The third kappa shape index (κ3) is 4.12. The minimum Gasteiger partial charge on any atom is -0.507 e. The first-order valence-corrected chi connectivity index (χ1v) is 9.21. The molecule has 8 heteroatoms. The van der Waals surface area contributed by atoms with Crippen LogP contribution in [0.1, 0.15) is 11.1 Å². The zero-order valence-corrected chi connectivity index (χ0v) is 16.2. The maximum Gasteiger partial charge on any atom is 0.203 e. The number of thiazole rings is 1. The van der Waals surface area contributed by atoms with Crippen LogP contribution >= 0.6 is 38.9 Å². The molecule has 0 amide bonds. The molecule has 3 aromatic rings. The van der Waals surface area contributed by atoms with Gasteiger partial charge in [0.25, 0.3) is 0 Å². The zero-order valence-electron chi connectivity index (χ0n) is 13.0. The van der Waals surface area contributed by atoms with Gasteiger partial charge in [0.1, 0.15) is 11.5 Å². The highest BCUT2D eigenvalue weighted by Crippen LogP contribution is 2.39. The fraction of sp³-hybridized carbons (Fsp3) is 0.0588. The standard InChI is InChI=1S/C17H13BrClN3O2S/c1-9-2-3-10(15(23)4-9)7-20-22-17-21-14(8-25-17)12-5-11(19)6-13(18)16(12)24/h2-8,23-24H,1H3,(H,21,22)/b20-7+. The van der Waals surface area contributed by atoms with Gasteiger partial charge in [-0.1, -0.05) is 17.7 Å². The molecule has 0 saturated heterocycles. The molecule has 0 atom stereocenters. The van der Waals surface area contributed by atoms with Crippen molar-refractivity contribution in [1.29, 1.82) is 0 Å². The molecule has 2 aromatic carbocycles. The molecule has 5 nitrogen and oxygen atoms in total. The van der Waals surface area contributed by atoms with Crippen molar-refractivity contribution >= 4 is 50.2 Å². The number of nitrogens with zero attached hydrogens (tertiary/aromatic N) is 2. The molecular formula is C17H13BrClN3O2S. The van der Waals surface area contributed by atoms with Gasteiger partial charge < -0.3 is 10.2 Å². The number of anilines is 1. The number of nitrogens with one attached hydrogen (secondary N) is 1. The first-order valence-electron chi connectivity index (χ1n) is 7.16. The van der Waals surface area contributed by atoms with E-state index in [9.17, 15) is 10.2 Å². The first-order chi connectivity index (χ1) is 11.9. The minimum absolute atomic E-state index is 0.0781. The zero-order chi connectivity index (χ0) is 18.0. The van der Waals surface area contributed by atoms with E-state index in [2.05, 4.69) is 31.4 Å². The van der Waals surface area contributed by atoms with Crippen molar-refractivity contribution in [3.8, 4) is 22.8 Å².